The minimum atomic E-state index is -0.807. The lowest BCUT2D eigenvalue weighted by atomic mass is 9.42. The second-order valence-electron chi connectivity index (χ2n) is 6.67. The van der Waals surface area contributed by atoms with E-state index in [-0.39, 0.29) is 29.7 Å². The van der Waals surface area contributed by atoms with Gasteiger partial charge in [0.15, 0.2) is 11.6 Å². The van der Waals surface area contributed by atoms with Crippen molar-refractivity contribution in [2.45, 2.75) is 33.6 Å². The number of ketones is 3. The normalized spacial score (nSPS) is 45.3. The lowest BCUT2D eigenvalue weighted by Crippen LogP contribution is -2.64. The maximum Gasteiger partial charge on any atom is 0.156 e. The SMILES string of the molecule is C=C1C[C@@]2(C)C(=O)[C@@H]3CC(=O)C=C(C)[C@]3(C)C(=O)[C@@H]12. The molecule has 0 unspecified atom stereocenters. The van der Waals surface area contributed by atoms with E-state index in [2.05, 4.69) is 6.58 Å². The first-order valence-corrected chi connectivity index (χ1v) is 6.71. The first kappa shape index (κ1) is 12.5. The Morgan fingerprint density at radius 1 is 1.21 bits per heavy atom. The molecule has 19 heavy (non-hydrogen) atoms. The van der Waals surface area contributed by atoms with Gasteiger partial charge in [-0.15, -0.1) is 0 Å². The second kappa shape index (κ2) is 3.33. The van der Waals surface area contributed by atoms with Crippen LogP contribution in [0.25, 0.3) is 0 Å². The van der Waals surface area contributed by atoms with E-state index in [9.17, 15) is 14.4 Å². The monoisotopic (exact) mass is 258 g/mol. The fourth-order valence-electron chi connectivity index (χ4n) is 4.25. The van der Waals surface area contributed by atoms with Gasteiger partial charge in [0.1, 0.15) is 5.78 Å². The van der Waals surface area contributed by atoms with E-state index in [4.69, 9.17) is 0 Å². The number of allylic oxidation sites excluding steroid dienone is 3. The van der Waals surface area contributed by atoms with Gasteiger partial charge in [-0.3, -0.25) is 14.4 Å². The zero-order valence-electron chi connectivity index (χ0n) is 11.6. The van der Waals surface area contributed by atoms with Crippen molar-refractivity contribution >= 4 is 17.3 Å². The van der Waals surface area contributed by atoms with Crippen LogP contribution in [-0.4, -0.2) is 17.3 Å². The Hall–Kier alpha value is -1.51. The first-order valence-electron chi connectivity index (χ1n) is 6.71. The minimum Gasteiger partial charge on any atom is -0.299 e. The van der Waals surface area contributed by atoms with Crippen molar-refractivity contribution in [1.29, 1.82) is 0 Å². The molecule has 3 aliphatic carbocycles. The number of Topliss-reactive ketones (excluding diaryl/α,β-unsaturated/α-hetero) is 2. The summed E-state index contributed by atoms with van der Waals surface area (Å²) in [4.78, 5) is 37.4. The average Bonchev–Trinajstić information content (AvgIpc) is 2.30. The summed E-state index contributed by atoms with van der Waals surface area (Å²) in [6, 6.07) is 0. The summed E-state index contributed by atoms with van der Waals surface area (Å²) in [7, 11) is 0. The van der Waals surface area contributed by atoms with E-state index < -0.39 is 16.7 Å². The third-order valence-corrected chi connectivity index (χ3v) is 5.59. The summed E-state index contributed by atoms with van der Waals surface area (Å²) < 4.78 is 0. The third kappa shape index (κ3) is 1.21. The van der Waals surface area contributed by atoms with E-state index in [0.29, 0.717) is 6.42 Å². The van der Waals surface area contributed by atoms with Gasteiger partial charge in [-0.25, -0.2) is 0 Å². The first-order chi connectivity index (χ1) is 8.72. The Bertz CT molecular complexity index is 583. The Balaban J connectivity index is 2.19. The quantitative estimate of drug-likeness (QED) is 0.626. The Morgan fingerprint density at radius 2 is 1.84 bits per heavy atom. The molecule has 0 aromatic rings. The lowest BCUT2D eigenvalue weighted by Gasteiger charge is -2.58. The van der Waals surface area contributed by atoms with Crippen LogP contribution in [0.1, 0.15) is 33.6 Å². The highest BCUT2D eigenvalue weighted by molar-refractivity contribution is 6.12. The van der Waals surface area contributed by atoms with Crippen molar-refractivity contribution in [2.75, 3.05) is 0 Å². The van der Waals surface area contributed by atoms with Crippen molar-refractivity contribution in [3.8, 4) is 0 Å². The van der Waals surface area contributed by atoms with E-state index in [1.807, 2.05) is 13.8 Å². The largest absolute Gasteiger partial charge is 0.299 e. The molecule has 0 N–H and O–H groups in total. The van der Waals surface area contributed by atoms with Crippen molar-refractivity contribution in [3.63, 3.8) is 0 Å². The van der Waals surface area contributed by atoms with Crippen LogP contribution >= 0.6 is 0 Å². The Kier molecular flexibility index (Phi) is 2.19. The molecule has 0 saturated heterocycles. The molecule has 0 aromatic heterocycles. The maximum atomic E-state index is 12.9. The van der Waals surface area contributed by atoms with Gasteiger partial charge in [0.2, 0.25) is 0 Å². The number of fused-ring (bicyclic) bond motifs is 2. The number of carbonyl (C=O) groups excluding carboxylic acids is 3. The molecule has 0 amide bonds. The molecule has 0 spiro atoms. The molecule has 4 atom stereocenters. The topological polar surface area (TPSA) is 51.2 Å². The summed E-state index contributed by atoms with van der Waals surface area (Å²) in [5.74, 6) is -0.712. The smallest absolute Gasteiger partial charge is 0.156 e. The molecule has 0 aromatic carbocycles. The summed E-state index contributed by atoms with van der Waals surface area (Å²) in [6.07, 6.45) is 2.30. The molecule has 0 heterocycles. The Morgan fingerprint density at radius 3 is 2.42 bits per heavy atom. The van der Waals surface area contributed by atoms with Crippen molar-refractivity contribution in [2.24, 2.45) is 22.7 Å². The fraction of sp³-hybridized carbons (Fsp3) is 0.562. The van der Waals surface area contributed by atoms with E-state index >= 15 is 0 Å². The molecule has 2 saturated carbocycles. The highest BCUT2D eigenvalue weighted by atomic mass is 16.2. The van der Waals surface area contributed by atoms with Crippen LogP contribution in [-0.2, 0) is 14.4 Å². The van der Waals surface area contributed by atoms with E-state index in [1.54, 1.807) is 6.92 Å². The maximum absolute atomic E-state index is 12.9. The zero-order chi connectivity index (χ0) is 14.2. The number of rotatable bonds is 0. The van der Waals surface area contributed by atoms with E-state index in [0.717, 1.165) is 11.1 Å². The highest BCUT2D eigenvalue weighted by Crippen LogP contribution is 2.62. The predicted octanol–water partition coefficient (Wildman–Crippen LogP) is 2.26. The summed E-state index contributed by atoms with van der Waals surface area (Å²) in [5, 5.41) is 0. The van der Waals surface area contributed by atoms with Gasteiger partial charge < -0.3 is 0 Å². The Labute approximate surface area is 112 Å². The van der Waals surface area contributed by atoms with Crippen LogP contribution in [0.2, 0.25) is 0 Å². The molecule has 100 valence electrons. The molecule has 2 fully saturated rings. The molecule has 0 radical (unpaired) electrons. The standard InChI is InChI=1S/C16H18O3/c1-8-7-15(3)12(8)14(19)16(4)9(2)5-10(17)6-11(16)13(15)18/h5,11-12H,1,6-7H2,2-4H3/t11-,12+,15+,16-/m0/s1. The van der Waals surface area contributed by atoms with Crippen LogP contribution in [0, 0.1) is 22.7 Å². The number of hydrogen-bond acceptors (Lipinski definition) is 3. The average molecular weight is 258 g/mol. The van der Waals surface area contributed by atoms with Gasteiger partial charge in [0.25, 0.3) is 0 Å². The number of carbonyl (C=O) groups is 3. The molecular weight excluding hydrogens is 240 g/mol. The van der Waals surface area contributed by atoms with Crippen LogP contribution in [0.5, 0.6) is 0 Å². The fourth-order valence-corrected chi connectivity index (χ4v) is 4.25. The van der Waals surface area contributed by atoms with Gasteiger partial charge in [-0.1, -0.05) is 24.6 Å². The van der Waals surface area contributed by atoms with Crippen LogP contribution < -0.4 is 0 Å². The minimum absolute atomic E-state index is 0.0404. The molecule has 0 bridgehead atoms. The molecule has 3 aliphatic rings. The molecular formula is C16H18O3. The predicted molar refractivity (Wildman–Crippen MR) is 70.3 cm³/mol. The zero-order valence-corrected chi connectivity index (χ0v) is 11.6. The van der Waals surface area contributed by atoms with Crippen molar-refractivity contribution < 1.29 is 14.4 Å². The third-order valence-electron chi connectivity index (χ3n) is 5.59. The van der Waals surface area contributed by atoms with Gasteiger partial charge >= 0.3 is 0 Å². The van der Waals surface area contributed by atoms with Crippen LogP contribution in [0.3, 0.4) is 0 Å². The highest BCUT2D eigenvalue weighted by Gasteiger charge is 2.67. The van der Waals surface area contributed by atoms with Gasteiger partial charge in [0, 0.05) is 17.8 Å². The van der Waals surface area contributed by atoms with Gasteiger partial charge in [-0.2, -0.15) is 0 Å². The molecule has 3 nitrogen and oxygen atoms in total. The lowest BCUT2D eigenvalue weighted by molar-refractivity contribution is -0.164. The summed E-state index contributed by atoms with van der Waals surface area (Å²) >= 11 is 0. The molecule has 3 heteroatoms. The van der Waals surface area contributed by atoms with Gasteiger partial charge in [0.05, 0.1) is 11.3 Å². The number of hydrogen-bond donors (Lipinski definition) is 0. The van der Waals surface area contributed by atoms with Crippen LogP contribution in [0.15, 0.2) is 23.8 Å². The molecule has 0 aliphatic heterocycles. The summed E-state index contributed by atoms with van der Waals surface area (Å²) in [6.45, 7) is 9.39. The van der Waals surface area contributed by atoms with Crippen molar-refractivity contribution in [1.82, 2.24) is 0 Å². The second-order valence-corrected chi connectivity index (χ2v) is 6.67. The molecule has 3 rings (SSSR count). The van der Waals surface area contributed by atoms with Crippen LogP contribution in [0.4, 0.5) is 0 Å². The van der Waals surface area contributed by atoms with Crippen molar-refractivity contribution in [3.05, 3.63) is 23.8 Å². The van der Waals surface area contributed by atoms with E-state index in [1.165, 1.54) is 6.08 Å². The van der Waals surface area contributed by atoms with Gasteiger partial charge in [-0.05, 0) is 26.3 Å². The summed E-state index contributed by atoms with van der Waals surface area (Å²) in [5.41, 5.74) is 0.175.